The van der Waals surface area contributed by atoms with Gasteiger partial charge in [-0.3, -0.25) is 0 Å². The molecule has 0 atom stereocenters. The molecule has 0 radical (unpaired) electrons. The normalized spacial score (nSPS) is 9.77. The number of hydrogen-bond donors (Lipinski definition) is 0. The average Bonchev–Trinajstić information content (AvgIpc) is 2.54. The van der Waals surface area contributed by atoms with E-state index in [2.05, 4.69) is 46.8 Å². The van der Waals surface area contributed by atoms with Gasteiger partial charge in [0.2, 0.25) is 0 Å². The molecule has 112 valence electrons. The fraction of sp³-hybridized carbons (Fsp3) is 0.211. The lowest BCUT2D eigenvalue weighted by Gasteiger charge is -2.02. The number of ether oxygens (including phenoxy) is 1. The first kappa shape index (κ1) is 16.3. The number of hydrogen-bond acceptors (Lipinski definition) is 2. The number of aryl methyl sites for hydroxylation is 1. The van der Waals surface area contributed by atoms with Crippen LogP contribution in [0.15, 0.2) is 42.5 Å². The van der Waals surface area contributed by atoms with Crippen LogP contribution in [0.4, 0.5) is 0 Å². The van der Waals surface area contributed by atoms with Gasteiger partial charge in [0.25, 0.3) is 0 Å². The van der Waals surface area contributed by atoms with Crippen molar-refractivity contribution in [1.29, 1.82) is 0 Å². The summed E-state index contributed by atoms with van der Waals surface area (Å²) >= 11 is 3.46. The Balaban J connectivity index is 2.15. The second kappa shape index (κ2) is 7.82. The van der Waals surface area contributed by atoms with Crippen molar-refractivity contribution in [3.05, 3.63) is 70.3 Å². The van der Waals surface area contributed by atoms with Crippen LogP contribution in [0.2, 0.25) is 0 Å². The molecule has 0 bridgehead atoms. The first-order valence-corrected chi connectivity index (χ1v) is 8.21. The maximum Gasteiger partial charge on any atom is 0.338 e. The van der Waals surface area contributed by atoms with Crippen LogP contribution in [0.25, 0.3) is 0 Å². The van der Waals surface area contributed by atoms with E-state index < -0.39 is 0 Å². The van der Waals surface area contributed by atoms with Crippen LogP contribution in [-0.4, -0.2) is 12.6 Å². The molecule has 3 heteroatoms. The van der Waals surface area contributed by atoms with Gasteiger partial charge in [0.15, 0.2) is 0 Å². The van der Waals surface area contributed by atoms with Gasteiger partial charge in [-0.1, -0.05) is 33.8 Å². The van der Waals surface area contributed by atoms with Crippen LogP contribution in [0.5, 0.6) is 0 Å². The highest BCUT2D eigenvalue weighted by Crippen LogP contribution is 2.13. The van der Waals surface area contributed by atoms with Crippen molar-refractivity contribution in [2.75, 3.05) is 6.61 Å². The summed E-state index contributed by atoms with van der Waals surface area (Å²) in [5.41, 5.74) is 4.89. The van der Waals surface area contributed by atoms with Gasteiger partial charge in [-0.2, -0.15) is 0 Å². The van der Waals surface area contributed by atoms with Crippen molar-refractivity contribution >= 4 is 21.9 Å². The number of carbonyl (C=O) groups excluding carboxylic acids is 1. The molecule has 0 saturated heterocycles. The molecule has 0 saturated carbocycles. The molecule has 0 aliphatic rings. The number of alkyl halides is 1. The Bertz CT molecular complexity index is 721. The second-order valence-electron chi connectivity index (χ2n) is 4.82. The van der Waals surface area contributed by atoms with Crippen molar-refractivity contribution < 1.29 is 9.53 Å². The molecule has 0 unspecified atom stereocenters. The third-order valence-electron chi connectivity index (χ3n) is 3.23. The van der Waals surface area contributed by atoms with Gasteiger partial charge < -0.3 is 4.74 Å². The van der Waals surface area contributed by atoms with E-state index in [9.17, 15) is 4.79 Å². The first-order valence-electron chi connectivity index (χ1n) is 7.08. The lowest BCUT2D eigenvalue weighted by atomic mass is 10.1. The fourth-order valence-corrected chi connectivity index (χ4v) is 2.60. The Morgan fingerprint density at radius 2 is 1.73 bits per heavy atom. The van der Waals surface area contributed by atoms with Crippen LogP contribution < -0.4 is 0 Å². The summed E-state index contributed by atoms with van der Waals surface area (Å²) in [4.78, 5) is 11.6. The number of esters is 1. The van der Waals surface area contributed by atoms with E-state index in [1.165, 1.54) is 11.1 Å². The molecule has 2 nitrogen and oxygen atoms in total. The Kier molecular flexibility index (Phi) is 5.80. The van der Waals surface area contributed by atoms with Gasteiger partial charge in [0.05, 0.1) is 12.2 Å². The molecule has 0 spiro atoms. The molecule has 0 aromatic heterocycles. The van der Waals surface area contributed by atoms with Crippen LogP contribution in [-0.2, 0) is 10.1 Å². The van der Waals surface area contributed by atoms with Crippen molar-refractivity contribution in [2.24, 2.45) is 0 Å². The fourth-order valence-electron chi connectivity index (χ4n) is 1.97. The number of benzene rings is 2. The summed E-state index contributed by atoms with van der Waals surface area (Å²) in [7, 11) is 0. The molecule has 0 heterocycles. The molecule has 0 N–H and O–H groups in total. The average molecular weight is 357 g/mol. The minimum atomic E-state index is -0.303. The monoisotopic (exact) mass is 356 g/mol. The molecule has 0 aliphatic heterocycles. The van der Waals surface area contributed by atoms with Gasteiger partial charge >= 0.3 is 5.97 Å². The zero-order valence-electron chi connectivity index (χ0n) is 12.7. The molecule has 0 aliphatic carbocycles. The minimum absolute atomic E-state index is 0.303. The van der Waals surface area contributed by atoms with E-state index in [1.807, 2.05) is 18.2 Å². The summed E-state index contributed by atoms with van der Waals surface area (Å²) < 4.78 is 4.95. The van der Waals surface area contributed by atoms with E-state index in [-0.39, 0.29) is 5.97 Å². The molecule has 2 aromatic carbocycles. The van der Waals surface area contributed by atoms with E-state index in [0.29, 0.717) is 12.2 Å². The van der Waals surface area contributed by atoms with Gasteiger partial charge in [0, 0.05) is 16.5 Å². The zero-order chi connectivity index (χ0) is 15.9. The van der Waals surface area contributed by atoms with Crippen LogP contribution in [0.1, 0.15) is 39.5 Å². The van der Waals surface area contributed by atoms with E-state index in [0.717, 1.165) is 16.5 Å². The minimum Gasteiger partial charge on any atom is -0.462 e. The van der Waals surface area contributed by atoms with E-state index in [4.69, 9.17) is 4.74 Å². The van der Waals surface area contributed by atoms with E-state index in [1.54, 1.807) is 19.1 Å². The maximum absolute atomic E-state index is 11.6. The largest absolute Gasteiger partial charge is 0.462 e. The predicted molar refractivity (Wildman–Crippen MR) is 92.2 cm³/mol. The van der Waals surface area contributed by atoms with Gasteiger partial charge in [-0.15, -0.1) is 0 Å². The maximum atomic E-state index is 11.6. The van der Waals surface area contributed by atoms with Crippen molar-refractivity contribution in [2.45, 2.75) is 19.2 Å². The van der Waals surface area contributed by atoms with Crippen molar-refractivity contribution in [1.82, 2.24) is 0 Å². The molecule has 2 rings (SSSR count). The van der Waals surface area contributed by atoms with E-state index >= 15 is 0 Å². The highest BCUT2D eigenvalue weighted by atomic mass is 79.9. The highest BCUT2D eigenvalue weighted by molar-refractivity contribution is 9.08. The van der Waals surface area contributed by atoms with Gasteiger partial charge in [-0.25, -0.2) is 4.79 Å². The number of rotatable bonds is 3. The van der Waals surface area contributed by atoms with Crippen molar-refractivity contribution in [3.8, 4) is 11.8 Å². The number of halogens is 1. The highest BCUT2D eigenvalue weighted by Gasteiger charge is 2.04. The zero-order valence-corrected chi connectivity index (χ0v) is 14.2. The van der Waals surface area contributed by atoms with Crippen LogP contribution in [0, 0.1) is 18.8 Å². The van der Waals surface area contributed by atoms with Gasteiger partial charge in [0.1, 0.15) is 0 Å². The summed E-state index contributed by atoms with van der Waals surface area (Å²) in [5, 5.41) is 0.849. The van der Waals surface area contributed by atoms with Crippen LogP contribution >= 0.6 is 15.9 Å². The third kappa shape index (κ3) is 4.22. The molecule has 0 amide bonds. The summed E-state index contributed by atoms with van der Waals surface area (Å²) in [6, 6.07) is 13.3. The Morgan fingerprint density at radius 3 is 2.32 bits per heavy atom. The molecule has 2 aromatic rings. The summed E-state index contributed by atoms with van der Waals surface area (Å²) in [6.45, 7) is 4.25. The molecule has 0 fully saturated rings. The SMILES string of the molecule is CCOC(=O)c1ccc(C#Cc2ccc(CBr)c(C)c2)cc1. The quantitative estimate of drug-likeness (QED) is 0.460. The van der Waals surface area contributed by atoms with Gasteiger partial charge in [-0.05, 0) is 61.4 Å². The first-order chi connectivity index (χ1) is 10.6. The summed E-state index contributed by atoms with van der Waals surface area (Å²) in [5.74, 6) is 5.95. The topological polar surface area (TPSA) is 26.3 Å². The molecular weight excluding hydrogens is 340 g/mol. The second-order valence-corrected chi connectivity index (χ2v) is 5.38. The predicted octanol–water partition coefficient (Wildman–Crippen LogP) is 4.47. The molecule has 22 heavy (non-hydrogen) atoms. The Labute approximate surface area is 139 Å². The number of carbonyl (C=O) groups is 1. The summed E-state index contributed by atoms with van der Waals surface area (Å²) in [6.07, 6.45) is 0. The Morgan fingerprint density at radius 1 is 1.09 bits per heavy atom. The molecular formula is C19H17BrO2. The lowest BCUT2D eigenvalue weighted by Crippen LogP contribution is -2.04. The van der Waals surface area contributed by atoms with Crippen LogP contribution in [0.3, 0.4) is 0 Å². The Hall–Kier alpha value is -2.05. The lowest BCUT2D eigenvalue weighted by molar-refractivity contribution is 0.0526. The smallest absolute Gasteiger partial charge is 0.338 e. The third-order valence-corrected chi connectivity index (χ3v) is 3.84. The standard InChI is InChI=1S/C19H17BrO2/c1-3-22-19(21)17-9-6-15(7-10-17)4-5-16-8-11-18(13-20)14(2)12-16/h6-12H,3,13H2,1-2H3. The van der Waals surface area contributed by atoms with Crippen molar-refractivity contribution in [3.63, 3.8) is 0 Å².